The van der Waals surface area contributed by atoms with Crippen LogP contribution in [0.1, 0.15) is 44.0 Å². The van der Waals surface area contributed by atoms with Crippen LogP contribution in [0.25, 0.3) is 11.1 Å². The summed E-state index contributed by atoms with van der Waals surface area (Å²) in [6.07, 6.45) is 4.96. The average molecular weight is 467 g/mol. The van der Waals surface area contributed by atoms with Crippen molar-refractivity contribution >= 4 is 17.6 Å². The number of hydrogen-bond acceptors (Lipinski definition) is 7. The summed E-state index contributed by atoms with van der Waals surface area (Å²) >= 11 is 0. The van der Waals surface area contributed by atoms with Gasteiger partial charge in [0.2, 0.25) is 5.91 Å². The van der Waals surface area contributed by atoms with Crippen LogP contribution in [0.4, 0.5) is 5.69 Å². The topological polar surface area (TPSA) is 93.7 Å². The Hall–Kier alpha value is -3.00. The number of amides is 1. The highest BCUT2D eigenvalue weighted by Gasteiger charge is 2.30. The van der Waals surface area contributed by atoms with Gasteiger partial charge in [-0.3, -0.25) is 14.5 Å². The maximum atomic E-state index is 12.3. The van der Waals surface area contributed by atoms with Crippen LogP contribution in [-0.4, -0.2) is 59.6 Å². The van der Waals surface area contributed by atoms with Gasteiger partial charge in [0.25, 0.3) is 0 Å². The first-order valence-corrected chi connectivity index (χ1v) is 12.2. The van der Waals surface area contributed by atoms with Crippen molar-refractivity contribution in [3.63, 3.8) is 0 Å². The minimum Gasteiger partial charge on any atom is -0.492 e. The van der Waals surface area contributed by atoms with Crippen molar-refractivity contribution in [3.05, 3.63) is 35.9 Å². The van der Waals surface area contributed by atoms with Crippen LogP contribution in [-0.2, 0) is 14.3 Å². The molecule has 2 aromatic rings. The Morgan fingerprint density at radius 1 is 1.15 bits per heavy atom. The molecule has 1 aliphatic carbocycles. The number of anilines is 1. The van der Waals surface area contributed by atoms with E-state index in [0.29, 0.717) is 25.6 Å². The van der Waals surface area contributed by atoms with Gasteiger partial charge in [-0.15, -0.1) is 0 Å². The molecule has 0 spiro atoms. The van der Waals surface area contributed by atoms with Gasteiger partial charge in [0, 0.05) is 53.6 Å². The Balaban J connectivity index is 1.42. The van der Waals surface area contributed by atoms with E-state index in [0.717, 1.165) is 72.8 Å². The van der Waals surface area contributed by atoms with E-state index in [4.69, 9.17) is 9.47 Å². The van der Waals surface area contributed by atoms with Crippen LogP contribution < -0.4 is 10.1 Å². The third-order valence-corrected chi connectivity index (χ3v) is 6.49. The fourth-order valence-corrected chi connectivity index (χ4v) is 4.52. The summed E-state index contributed by atoms with van der Waals surface area (Å²) in [5.74, 6) is 1.18. The molecular formula is C26H34N4O4. The molecule has 1 saturated heterocycles. The molecule has 1 atom stereocenters. The summed E-state index contributed by atoms with van der Waals surface area (Å²) in [5, 5.41) is 3.03. The second-order valence-electron chi connectivity index (χ2n) is 9.21. The highest BCUT2D eigenvalue weighted by Crippen LogP contribution is 2.37. The largest absolute Gasteiger partial charge is 0.492 e. The highest BCUT2D eigenvalue weighted by atomic mass is 16.5. The van der Waals surface area contributed by atoms with Gasteiger partial charge >= 0.3 is 5.97 Å². The SMILES string of the molecule is CCOC(=O)CC1CCN(CCOc2ccc(NC(=O)C3CC3)cc2-c2c(C)ncnc2C)C1. The van der Waals surface area contributed by atoms with Crippen LogP contribution in [0.5, 0.6) is 5.75 Å². The quantitative estimate of drug-likeness (QED) is 0.533. The predicted molar refractivity (Wildman–Crippen MR) is 130 cm³/mol. The summed E-state index contributed by atoms with van der Waals surface area (Å²) in [6.45, 7) is 9.32. The molecule has 1 amide bonds. The second-order valence-corrected chi connectivity index (χ2v) is 9.21. The number of carbonyl (C=O) groups excluding carboxylic acids is 2. The lowest BCUT2D eigenvalue weighted by Gasteiger charge is -2.19. The van der Waals surface area contributed by atoms with Gasteiger partial charge in [-0.2, -0.15) is 0 Å². The molecule has 1 saturated carbocycles. The molecule has 34 heavy (non-hydrogen) atoms. The second kappa shape index (κ2) is 11.0. The maximum Gasteiger partial charge on any atom is 0.306 e. The summed E-state index contributed by atoms with van der Waals surface area (Å²) < 4.78 is 11.3. The Labute approximate surface area is 201 Å². The Bertz CT molecular complexity index is 1020. The third kappa shape index (κ3) is 6.11. The summed E-state index contributed by atoms with van der Waals surface area (Å²) in [7, 11) is 0. The monoisotopic (exact) mass is 466 g/mol. The molecule has 1 N–H and O–H groups in total. The molecule has 0 bridgehead atoms. The van der Waals surface area contributed by atoms with Crippen LogP contribution in [0.2, 0.25) is 0 Å². The van der Waals surface area contributed by atoms with Crippen molar-refractivity contribution in [2.75, 3.05) is 38.2 Å². The van der Waals surface area contributed by atoms with Crippen LogP contribution in [0.3, 0.4) is 0 Å². The van der Waals surface area contributed by atoms with E-state index in [9.17, 15) is 9.59 Å². The molecule has 0 radical (unpaired) electrons. The van der Waals surface area contributed by atoms with Crippen molar-refractivity contribution in [1.82, 2.24) is 14.9 Å². The molecule has 1 unspecified atom stereocenters. The zero-order valence-electron chi connectivity index (χ0n) is 20.3. The maximum absolute atomic E-state index is 12.3. The van der Waals surface area contributed by atoms with Gasteiger partial charge in [0.15, 0.2) is 0 Å². The number of hydrogen-bond donors (Lipinski definition) is 1. The normalized spacial score (nSPS) is 18.0. The molecule has 1 aromatic carbocycles. The number of esters is 1. The van der Waals surface area contributed by atoms with E-state index in [1.54, 1.807) is 6.33 Å². The van der Waals surface area contributed by atoms with Crippen LogP contribution in [0, 0.1) is 25.7 Å². The highest BCUT2D eigenvalue weighted by molar-refractivity contribution is 5.95. The van der Waals surface area contributed by atoms with Gasteiger partial charge in [-0.05, 0) is 70.7 Å². The zero-order chi connectivity index (χ0) is 24.1. The smallest absolute Gasteiger partial charge is 0.306 e. The van der Waals surface area contributed by atoms with Crippen LogP contribution >= 0.6 is 0 Å². The Kier molecular flexibility index (Phi) is 7.77. The minimum absolute atomic E-state index is 0.0729. The van der Waals surface area contributed by atoms with E-state index < -0.39 is 0 Å². The lowest BCUT2D eigenvalue weighted by Crippen LogP contribution is -2.26. The van der Waals surface area contributed by atoms with Crippen LogP contribution in [0.15, 0.2) is 24.5 Å². The zero-order valence-corrected chi connectivity index (χ0v) is 20.3. The predicted octanol–water partition coefficient (Wildman–Crippen LogP) is 3.76. The van der Waals surface area contributed by atoms with E-state index in [-0.39, 0.29) is 17.8 Å². The fourth-order valence-electron chi connectivity index (χ4n) is 4.52. The Morgan fingerprint density at radius 2 is 1.91 bits per heavy atom. The number of rotatable bonds is 10. The van der Waals surface area contributed by atoms with Crippen molar-refractivity contribution in [2.45, 2.75) is 46.5 Å². The average Bonchev–Trinajstić information content (AvgIpc) is 3.56. The van der Waals surface area contributed by atoms with Crippen molar-refractivity contribution in [3.8, 4) is 16.9 Å². The van der Waals surface area contributed by atoms with E-state index >= 15 is 0 Å². The third-order valence-electron chi connectivity index (χ3n) is 6.49. The van der Waals surface area contributed by atoms with Gasteiger partial charge in [0.05, 0.1) is 6.61 Å². The molecule has 2 aliphatic rings. The number of aryl methyl sites for hydroxylation is 2. The first kappa shape index (κ1) is 24.1. The standard InChI is InChI=1S/C26H34N4O4/c1-4-33-24(31)13-19-9-10-30(15-19)11-12-34-23-8-7-21(29-26(32)20-5-6-20)14-22(23)25-17(2)27-16-28-18(25)3/h7-8,14,16,19-20H,4-6,9-13,15H2,1-3H3,(H,29,32). The number of nitrogens with zero attached hydrogens (tertiary/aromatic N) is 3. The summed E-state index contributed by atoms with van der Waals surface area (Å²) in [4.78, 5) is 35.1. The number of likely N-dealkylation sites (tertiary alicyclic amines) is 1. The molecule has 1 aliphatic heterocycles. The molecular weight excluding hydrogens is 432 g/mol. The minimum atomic E-state index is -0.111. The molecule has 8 heteroatoms. The van der Waals surface area contributed by atoms with Crippen molar-refractivity contribution in [2.24, 2.45) is 11.8 Å². The van der Waals surface area contributed by atoms with Gasteiger partial charge < -0.3 is 14.8 Å². The van der Waals surface area contributed by atoms with Crippen molar-refractivity contribution in [1.29, 1.82) is 0 Å². The number of carbonyl (C=O) groups is 2. The molecule has 8 nitrogen and oxygen atoms in total. The van der Waals surface area contributed by atoms with E-state index in [2.05, 4.69) is 20.2 Å². The number of benzene rings is 1. The number of nitrogens with one attached hydrogen (secondary N) is 1. The van der Waals surface area contributed by atoms with Gasteiger partial charge in [0.1, 0.15) is 18.7 Å². The molecule has 4 rings (SSSR count). The lowest BCUT2D eigenvalue weighted by atomic mass is 10.0. The molecule has 182 valence electrons. The molecule has 2 fully saturated rings. The fraction of sp³-hybridized carbons (Fsp3) is 0.538. The summed E-state index contributed by atoms with van der Waals surface area (Å²) in [6, 6.07) is 5.76. The number of ether oxygens (including phenoxy) is 2. The first-order chi connectivity index (χ1) is 16.4. The summed E-state index contributed by atoms with van der Waals surface area (Å²) in [5.41, 5.74) is 4.29. The first-order valence-electron chi connectivity index (χ1n) is 12.2. The van der Waals surface area contributed by atoms with Crippen molar-refractivity contribution < 1.29 is 19.1 Å². The van der Waals surface area contributed by atoms with Gasteiger partial charge in [-0.1, -0.05) is 0 Å². The molecule has 2 heterocycles. The van der Waals surface area contributed by atoms with Gasteiger partial charge in [-0.25, -0.2) is 9.97 Å². The van der Waals surface area contributed by atoms with E-state index in [1.807, 2.05) is 39.0 Å². The number of aromatic nitrogens is 2. The Morgan fingerprint density at radius 3 is 2.62 bits per heavy atom. The molecule has 1 aromatic heterocycles. The van der Waals surface area contributed by atoms with E-state index in [1.165, 1.54) is 0 Å². The lowest BCUT2D eigenvalue weighted by molar-refractivity contribution is -0.144.